The Hall–Kier alpha value is -3.22. The van der Waals surface area contributed by atoms with Gasteiger partial charge in [-0.05, 0) is 31.2 Å². The summed E-state index contributed by atoms with van der Waals surface area (Å²) in [5, 5.41) is 13.6. The van der Waals surface area contributed by atoms with Gasteiger partial charge in [0.05, 0.1) is 11.4 Å². The molecule has 0 aliphatic rings. The quantitative estimate of drug-likeness (QED) is 0.703. The molecule has 0 atom stereocenters. The molecule has 3 aromatic rings. The highest BCUT2D eigenvalue weighted by Gasteiger charge is 2.15. The summed E-state index contributed by atoms with van der Waals surface area (Å²) in [6, 6.07) is 10.6. The van der Waals surface area contributed by atoms with Crippen molar-refractivity contribution in [2.75, 3.05) is 13.6 Å². The van der Waals surface area contributed by atoms with E-state index in [-0.39, 0.29) is 17.6 Å². The highest BCUT2D eigenvalue weighted by atomic mass is 16.5. The number of pyridine rings is 1. The van der Waals surface area contributed by atoms with Crippen LogP contribution in [0.15, 0.2) is 40.9 Å². The Morgan fingerprint density at radius 3 is 2.46 bits per heavy atom. The average Bonchev–Trinajstić information content (AvgIpc) is 3.17. The lowest BCUT2D eigenvalue weighted by molar-refractivity contribution is 0.0796. The van der Waals surface area contributed by atoms with Gasteiger partial charge in [0.1, 0.15) is 5.75 Å². The molecule has 3 rings (SSSR count). The van der Waals surface area contributed by atoms with E-state index < -0.39 is 0 Å². The van der Waals surface area contributed by atoms with Crippen LogP contribution in [0.4, 0.5) is 0 Å². The zero-order valence-electron chi connectivity index (χ0n) is 16.5. The summed E-state index contributed by atoms with van der Waals surface area (Å²) in [5.41, 5.74) is 2.80. The molecule has 28 heavy (non-hydrogen) atoms. The first-order chi connectivity index (χ1) is 13.3. The number of amides is 1. The Balaban J connectivity index is 1.63. The second-order valence-corrected chi connectivity index (χ2v) is 7.06. The van der Waals surface area contributed by atoms with Gasteiger partial charge < -0.3 is 14.5 Å². The van der Waals surface area contributed by atoms with Crippen molar-refractivity contribution in [1.29, 1.82) is 0 Å². The predicted molar refractivity (Wildman–Crippen MR) is 105 cm³/mol. The number of carbonyl (C=O) groups excluding carboxylic acids is 1. The van der Waals surface area contributed by atoms with Gasteiger partial charge >= 0.3 is 0 Å². The van der Waals surface area contributed by atoms with Crippen LogP contribution < -0.4 is 0 Å². The van der Waals surface area contributed by atoms with Crippen molar-refractivity contribution < 1.29 is 14.4 Å². The molecule has 146 valence electrons. The largest absolute Gasteiger partial charge is 0.506 e. The Kier molecular flexibility index (Phi) is 5.73. The van der Waals surface area contributed by atoms with E-state index in [9.17, 15) is 9.90 Å². The van der Waals surface area contributed by atoms with Gasteiger partial charge in [-0.3, -0.25) is 4.79 Å². The molecule has 7 nitrogen and oxygen atoms in total. The molecule has 2 aromatic heterocycles. The fourth-order valence-electron chi connectivity index (χ4n) is 2.69. The molecule has 1 N–H and O–H groups in total. The summed E-state index contributed by atoms with van der Waals surface area (Å²) in [4.78, 5) is 23.0. The minimum absolute atomic E-state index is 0.0750. The lowest BCUT2D eigenvalue weighted by Gasteiger charge is -2.16. The van der Waals surface area contributed by atoms with E-state index in [4.69, 9.17) is 4.52 Å². The number of aromatic hydroxyl groups is 1. The topological polar surface area (TPSA) is 92.4 Å². The monoisotopic (exact) mass is 380 g/mol. The summed E-state index contributed by atoms with van der Waals surface area (Å²) in [5.74, 6) is 1.49. The van der Waals surface area contributed by atoms with E-state index in [1.807, 2.05) is 26.0 Å². The van der Waals surface area contributed by atoms with Crippen LogP contribution in [0.25, 0.3) is 11.3 Å². The molecule has 0 saturated heterocycles. The first-order valence-corrected chi connectivity index (χ1v) is 9.20. The SMILES string of the molecule is Cc1nc(-c2ccc(C(=O)N(C)CCc3noc(C(C)C)n3)cc2)ccc1O. The highest BCUT2D eigenvalue weighted by molar-refractivity contribution is 5.94. The second-order valence-electron chi connectivity index (χ2n) is 7.06. The second kappa shape index (κ2) is 8.21. The van der Waals surface area contributed by atoms with Crippen LogP contribution in [0.2, 0.25) is 0 Å². The maximum absolute atomic E-state index is 12.6. The fourth-order valence-corrected chi connectivity index (χ4v) is 2.69. The normalized spacial score (nSPS) is 11.0. The molecule has 0 spiro atoms. The van der Waals surface area contributed by atoms with Gasteiger partial charge in [0.15, 0.2) is 5.82 Å². The minimum Gasteiger partial charge on any atom is -0.506 e. The number of aryl methyl sites for hydroxylation is 1. The van der Waals surface area contributed by atoms with Gasteiger partial charge in [0.2, 0.25) is 5.89 Å². The number of carbonyl (C=O) groups is 1. The van der Waals surface area contributed by atoms with Gasteiger partial charge in [-0.1, -0.05) is 31.1 Å². The smallest absolute Gasteiger partial charge is 0.253 e. The Labute approximate surface area is 164 Å². The van der Waals surface area contributed by atoms with Crippen LogP contribution in [0.3, 0.4) is 0 Å². The summed E-state index contributed by atoms with van der Waals surface area (Å²) in [6.07, 6.45) is 0.535. The summed E-state index contributed by atoms with van der Waals surface area (Å²) < 4.78 is 5.19. The third-order valence-corrected chi connectivity index (χ3v) is 4.48. The van der Waals surface area contributed by atoms with Crippen LogP contribution in [0.5, 0.6) is 5.75 Å². The summed E-state index contributed by atoms with van der Waals surface area (Å²) in [6.45, 7) is 6.23. The highest BCUT2D eigenvalue weighted by Crippen LogP contribution is 2.22. The van der Waals surface area contributed by atoms with E-state index in [2.05, 4.69) is 15.1 Å². The number of hydrogen-bond donors (Lipinski definition) is 1. The van der Waals surface area contributed by atoms with Crippen molar-refractivity contribution in [3.63, 3.8) is 0 Å². The third-order valence-electron chi connectivity index (χ3n) is 4.48. The molecule has 1 aromatic carbocycles. The predicted octanol–water partition coefficient (Wildman–Crippen LogP) is 3.58. The molecular weight excluding hydrogens is 356 g/mol. The van der Waals surface area contributed by atoms with E-state index in [1.165, 1.54) is 0 Å². The molecule has 0 saturated carbocycles. The van der Waals surface area contributed by atoms with Crippen LogP contribution in [0.1, 0.15) is 47.5 Å². The fraction of sp³-hybridized carbons (Fsp3) is 0.333. The molecular formula is C21H24N4O3. The van der Waals surface area contributed by atoms with Crippen LogP contribution in [-0.2, 0) is 6.42 Å². The first kappa shape index (κ1) is 19.5. The molecule has 0 unspecified atom stereocenters. The van der Waals surface area contributed by atoms with Crippen molar-refractivity contribution in [3.8, 4) is 17.0 Å². The van der Waals surface area contributed by atoms with E-state index in [0.717, 1.165) is 11.3 Å². The van der Waals surface area contributed by atoms with Crippen molar-refractivity contribution in [2.24, 2.45) is 0 Å². The third kappa shape index (κ3) is 4.36. The molecule has 2 heterocycles. The van der Waals surface area contributed by atoms with E-state index >= 15 is 0 Å². The van der Waals surface area contributed by atoms with Gasteiger partial charge in [-0.2, -0.15) is 4.98 Å². The van der Waals surface area contributed by atoms with Crippen molar-refractivity contribution in [3.05, 3.63) is 59.4 Å². The number of benzene rings is 1. The van der Waals surface area contributed by atoms with Crippen molar-refractivity contribution in [2.45, 2.75) is 33.1 Å². The minimum atomic E-state index is -0.0750. The van der Waals surface area contributed by atoms with Gasteiger partial charge in [-0.15, -0.1) is 0 Å². The Morgan fingerprint density at radius 1 is 1.14 bits per heavy atom. The molecule has 7 heteroatoms. The number of aromatic nitrogens is 3. The standard InChI is InChI=1S/C21H24N4O3/c1-13(2)20-23-19(24-28-20)11-12-25(4)21(27)16-7-5-15(6-8-16)17-9-10-18(26)14(3)22-17/h5-10,13,26H,11-12H2,1-4H3. The van der Waals surface area contributed by atoms with Crippen molar-refractivity contribution >= 4 is 5.91 Å². The number of hydrogen-bond acceptors (Lipinski definition) is 6. The zero-order valence-corrected chi connectivity index (χ0v) is 16.5. The zero-order chi connectivity index (χ0) is 20.3. The van der Waals surface area contributed by atoms with Crippen LogP contribution >= 0.6 is 0 Å². The Morgan fingerprint density at radius 2 is 1.86 bits per heavy atom. The van der Waals surface area contributed by atoms with Gasteiger partial charge in [0.25, 0.3) is 5.91 Å². The van der Waals surface area contributed by atoms with Crippen molar-refractivity contribution in [1.82, 2.24) is 20.0 Å². The molecule has 0 fully saturated rings. The molecule has 1 amide bonds. The summed E-state index contributed by atoms with van der Waals surface area (Å²) in [7, 11) is 1.75. The maximum atomic E-state index is 12.6. The summed E-state index contributed by atoms with van der Waals surface area (Å²) >= 11 is 0. The Bertz CT molecular complexity index is 964. The van der Waals surface area contributed by atoms with Crippen LogP contribution in [-0.4, -0.2) is 44.6 Å². The molecule has 0 aliphatic heterocycles. The van der Waals surface area contributed by atoms with Crippen LogP contribution in [0, 0.1) is 6.92 Å². The van der Waals surface area contributed by atoms with E-state index in [1.54, 1.807) is 43.1 Å². The lowest BCUT2D eigenvalue weighted by atomic mass is 10.1. The number of rotatable bonds is 6. The molecule has 0 aliphatic carbocycles. The first-order valence-electron chi connectivity index (χ1n) is 9.20. The van der Waals surface area contributed by atoms with Gasteiger partial charge in [-0.25, -0.2) is 4.98 Å². The number of likely N-dealkylation sites (N-methyl/N-ethyl adjacent to an activating group) is 1. The number of nitrogens with zero attached hydrogens (tertiary/aromatic N) is 4. The molecule has 0 radical (unpaired) electrons. The molecule has 0 bridgehead atoms. The lowest BCUT2D eigenvalue weighted by Crippen LogP contribution is -2.29. The maximum Gasteiger partial charge on any atom is 0.253 e. The van der Waals surface area contributed by atoms with Gasteiger partial charge in [0, 0.05) is 37.1 Å². The van der Waals surface area contributed by atoms with E-state index in [0.29, 0.717) is 35.9 Å². The average molecular weight is 380 g/mol.